The lowest BCUT2D eigenvalue weighted by Crippen LogP contribution is -2.49. The fourth-order valence-electron chi connectivity index (χ4n) is 4.65. The van der Waals surface area contributed by atoms with Crippen LogP contribution < -0.4 is 4.74 Å². The van der Waals surface area contributed by atoms with Crippen molar-refractivity contribution in [2.24, 2.45) is 0 Å². The molecule has 2 aliphatic rings. The molecule has 2 aliphatic heterocycles. The second-order valence-electron chi connectivity index (χ2n) is 8.20. The van der Waals surface area contributed by atoms with Gasteiger partial charge in [-0.3, -0.25) is 19.3 Å². The van der Waals surface area contributed by atoms with E-state index in [4.69, 9.17) is 14.2 Å². The SMILES string of the molecule is COCCN1C(=O)C[C@](CC(=O)N2CCCC[C@H]2COC)(c2cccc(OC)c2)C1=O. The fourth-order valence-corrected chi connectivity index (χ4v) is 4.65. The summed E-state index contributed by atoms with van der Waals surface area (Å²) >= 11 is 0. The fraction of sp³-hybridized carbons (Fsp3) is 0.609. The molecule has 0 bridgehead atoms. The smallest absolute Gasteiger partial charge is 0.240 e. The molecule has 3 amide bonds. The molecular formula is C23H32N2O6. The van der Waals surface area contributed by atoms with E-state index in [0.29, 0.717) is 24.5 Å². The number of imide groups is 1. The first-order valence-corrected chi connectivity index (χ1v) is 10.7. The minimum atomic E-state index is -1.24. The van der Waals surface area contributed by atoms with E-state index in [9.17, 15) is 14.4 Å². The molecule has 2 atom stereocenters. The van der Waals surface area contributed by atoms with Crippen molar-refractivity contribution >= 4 is 17.7 Å². The maximum Gasteiger partial charge on any atom is 0.240 e. The zero-order valence-corrected chi connectivity index (χ0v) is 18.6. The highest BCUT2D eigenvalue weighted by Crippen LogP contribution is 2.41. The Bertz CT molecular complexity index is 811. The van der Waals surface area contributed by atoms with Crippen molar-refractivity contribution in [3.63, 3.8) is 0 Å². The summed E-state index contributed by atoms with van der Waals surface area (Å²) in [5, 5.41) is 0. The van der Waals surface area contributed by atoms with Crippen LogP contribution in [0.4, 0.5) is 0 Å². The summed E-state index contributed by atoms with van der Waals surface area (Å²) in [7, 11) is 4.70. The first-order chi connectivity index (χ1) is 15.0. The van der Waals surface area contributed by atoms with Crippen LogP contribution in [-0.4, -0.2) is 81.2 Å². The van der Waals surface area contributed by atoms with Gasteiger partial charge in [-0.2, -0.15) is 0 Å². The van der Waals surface area contributed by atoms with E-state index in [1.807, 2.05) is 4.90 Å². The van der Waals surface area contributed by atoms with E-state index >= 15 is 0 Å². The van der Waals surface area contributed by atoms with Crippen LogP contribution in [-0.2, 0) is 29.3 Å². The monoisotopic (exact) mass is 432 g/mol. The number of likely N-dealkylation sites (tertiary alicyclic amines) is 2. The van der Waals surface area contributed by atoms with Crippen LogP contribution in [0, 0.1) is 0 Å². The van der Waals surface area contributed by atoms with E-state index < -0.39 is 5.41 Å². The third kappa shape index (κ3) is 4.75. The number of carbonyl (C=O) groups is 3. The topological polar surface area (TPSA) is 85.4 Å². The van der Waals surface area contributed by atoms with Gasteiger partial charge in [-0.1, -0.05) is 12.1 Å². The molecular weight excluding hydrogens is 400 g/mol. The Hall–Kier alpha value is -2.45. The summed E-state index contributed by atoms with van der Waals surface area (Å²) in [6.07, 6.45) is 2.73. The first kappa shape index (κ1) is 23.2. The molecule has 0 aromatic heterocycles. The molecule has 0 spiro atoms. The first-order valence-electron chi connectivity index (χ1n) is 10.7. The summed E-state index contributed by atoms with van der Waals surface area (Å²) in [6, 6.07) is 7.10. The number of nitrogens with zero attached hydrogens (tertiary/aromatic N) is 2. The lowest BCUT2D eigenvalue weighted by molar-refractivity contribution is -0.144. The van der Waals surface area contributed by atoms with Gasteiger partial charge in [0.2, 0.25) is 17.7 Å². The molecule has 8 nitrogen and oxygen atoms in total. The number of hydrogen-bond donors (Lipinski definition) is 0. The van der Waals surface area contributed by atoms with Gasteiger partial charge in [0.25, 0.3) is 0 Å². The van der Waals surface area contributed by atoms with Crippen molar-refractivity contribution < 1.29 is 28.6 Å². The minimum absolute atomic E-state index is 0.00888. The Morgan fingerprint density at radius 3 is 2.68 bits per heavy atom. The Morgan fingerprint density at radius 1 is 1.16 bits per heavy atom. The summed E-state index contributed by atoms with van der Waals surface area (Å²) in [6.45, 7) is 1.52. The Labute approximate surface area is 183 Å². The molecule has 0 aliphatic carbocycles. The van der Waals surface area contributed by atoms with Crippen molar-refractivity contribution in [3.05, 3.63) is 29.8 Å². The lowest BCUT2D eigenvalue weighted by Gasteiger charge is -2.37. The van der Waals surface area contributed by atoms with E-state index in [0.717, 1.165) is 19.3 Å². The molecule has 170 valence electrons. The number of rotatable bonds is 9. The van der Waals surface area contributed by atoms with Crippen molar-refractivity contribution in [1.82, 2.24) is 9.80 Å². The molecule has 2 saturated heterocycles. The van der Waals surface area contributed by atoms with Crippen LogP contribution in [0.5, 0.6) is 5.75 Å². The van der Waals surface area contributed by atoms with Gasteiger partial charge in [0.1, 0.15) is 5.75 Å². The largest absolute Gasteiger partial charge is 0.497 e. The van der Waals surface area contributed by atoms with Crippen molar-refractivity contribution in [3.8, 4) is 5.75 Å². The lowest BCUT2D eigenvalue weighted by atomic mass is 9.75. The second kappa shape index (κ2) is 10.2. The van der Waals surface area contributed by atoms with Crippen molar-refractivity contribution in [2.75, 3.05) is 47.6 Å². The average Bonchev–Trinajstić information content (AvgIpc) is 3.02. The minimum Gasteiger partial charge on any atom is -0.497 e. The highest BCUT2D eigenvalue weighted by atomic mass is 16.5. The number of hydrogen-bond acceptors (Lipinski definition) is 6. The van der Waals surface area contributed by atoms with Crippen molar-refractivity contribution in [1.29, 1.82) is 0 Å². The van der Waals surface area contributed by atoms with E-state index in [2.05, 4.69) is 0 Å². The number of benzene rings is 1. The predicted octanol–water partition coefficient (Wildman–Crippen LogP) is 1.76. The van der Waals surface area contributed by atoms with Crippen LogP contribution in [0.25, 0.3) is 0 Å². The Morgan fingerprint density at radius 2 is 1.97 bits per heavy atom. The molecule has 1 aromatic carbocycles. The zero-order valence-electron chi connectivity index (χ0n) is 18.6. The summed E-state index contributed by atoms with van der Waals surface area (Å²) in [5.74, 6) is -0.185. The zero-order chi connectivity index (χ0) is 22.4. The van der Waals surface area contributed by atoms with Gasteiger partial charge in [0.15, 0.2) is 0 Å². The number of methoxy groups -OCH3 is 3. The quantitative estimate of drug-likeness (QED) is 0.553. The van der Waals surface area contributed by atoms with Crippen molar-refractivity contribution in [2.45, 2.75) is 43.6 Å². The molecule has 2 heterocycles. The molecule has 0 radical (unpaired) electrons. The Kier molecular flexibility index (Phi) is 7.67. The van der Waals surface area contributed by atoms with Crippen LogP contribution in [0.15, 0.2) is 24.3 Å². The van der Waals surface area contributed by atoms with E-state index in [1.54, 1.807) is 38.5 Å². The molecule has 0 N–H and O–H groups in total. The number of ether oxygens (including phenoxy) is 3. The average molecular weight is 433 g/mol. The van der Waals surface area contributed by atoms with Gasteiger partial charge in [-0.25, -0.2) is 0 Å². The van der Waals surface area contributed by atoms with E-state index in [-0.39, 0.29) is 49.8 Å². The predicted molar refractivity (Wildman–Crippen MR) is 114 cm³/mol. The van der Waals surface area contributed by atoms with Crippen LogP contribution in [0.3, 0.4) is 0 Å². The molecule has 31 heavy (non-hydrogen) atoms. The van der Waals surface area contributed by atoms with Gasteiger partial charge >= 0.3 is 0 Å². The Balaban J connectivity index is 1.96. The summed E-state index contributed by atoms with van der Waals surface area (Å²) < 4.78 is 15.7. The van der Waals surface area contributed by atoms with Crippen LogP contribution in [0.2, 0.25) is 0 Å². The molecule has 0 unspecified atom stereocenters. The molecule has 0 saturated carbocycles. The molecule has 2 fully saturated rings. The molecule has 3 rings (SSSR count). The highest BCUT2D eigenvalue weighted by molar-refractivity contribution is 6.10. The van der Waals surface area contributed by atoms with Crippen LogP contribution in [0.1, 0.15) is 37.7 Å². The normalized spacial score (nSPS) is 24.0. The van der Waals surface area contributed by atoms with Gasteiger partial charge in [0, 0.05) is 33.6 Å². The van der Waals surface area contributed by atoms with Gasteiger partial charge in [0.05, 0.1) is 38.3 Å². The number of amides is 3. The maximum absolute atomic E-state index is 13.6. The number of carbonyl (C=O) groups excluding carboxylic acids is 3. The third-order valence-electron chi connectivity index (χ3n) is 6.31. The van der Waals surface area contributed by atoms with Crippen LogP contribution >= 0.6 is 0 Å². The molecule has 1 aromatic rings. The van der Waals surface area contributed by atoms with Gasteiger partial charge in [-0.15, -0.1) is 0 Å². The highest BCUT2D eigenvalue weighted by Gasteiger charge is 2.54. The number of piperidine rings is 1. The second-order valence-corrected chi connectivity index (χ2v) is 8.20. The van der Waals surface area contributed by atoms with Gasteiger partial charge < -0.3 is 19.1 Å². The standard InChI is InChI=1S/C23H32N2O6/c1-29-12-11-25-21(27)15-23(22(25)28,17-7-6-9-19(13-17)31-3)14-20(26)24-10-5-4-8-18(24)16-30-2/h6-7,9,13,18H,4-5,8,10-12,14-16H2,1-3H3/t18-,23+/m0/s1. The molecule has 8 heteroatoms. The van der Waals surface area contributed by atoms with Gasteiger partial charge in [-0.05, 0) is 37.0 Å². The van der Waals surface area contributed by atoms with E-state index in [1.165, 1.54) is 12.0 Å². The summed E-state index contributed by atoms with van der Waals surface area (Å²) in [5.41, 5.74) is -0.621. The third-order valence-corrected chi connectivity index (χ3v) is 6.31. The summed E-state index contributed by atoms with van der Waals surface area (Å²) in [4.78, 5) is 42.9. The maximum atomic E-state index is 13.6.